The minimum atomic E-state index is 0.479. The van der Waals surface area contributed by atoms with Crippen LogP contribution in [-0.2, 0) is 4.74 Å². The topological polar surface area (TPSA) is 24.5 Å². The molecule has 3 nitrogen and oxygen atoms in total. The third kappa shape index (κ3) is 2.96. The van der Waals surface area contributed by atoms with E-state index in [1.165, 1.54) is 19.3 Å². The Balaban J connectivity index is 1.79. The Hall–Kier alpha value is -0.120. The monoisotopic (exact) mass is 226 g/mol. The molecule has 2 fully saturated rings. The van der Waals surface area contributed by atoms with E-state index in [0.717, 1.165) is 44.7 Å². The Morgan fingerprint density at radius 1 is 1.31 bits per heavy atom. The highest BCUT2D eigenvalue weighted by Gasteiger charge is 2.31. The summed E-state index contributed by atoms with van der Waals surface area (Å²) in [5.74, 6) is 0. The summed E-state index contributed by atoms with van der Waals surface area (Å²) in [7, 11) is 0. The summed E-state index contributed by atoms with van der Waals surface area (Å²) in [6, 6.07) is 1.57. The molecule has 0 amide bonds. The molecule has 2 rings (SSSR count). The maximum atomic E-state index is 5.73. The zero-order chi connectivity index (χ0) is 11.4. The van der Waals surface area contributed by atoms with Gasteiger partial charge in [-0.15, -0.1) is 0 Å². The fraction of sp³-hybridized carbons (Fsp3) is 1.00. The number of nitrogens with one attached hydrogen (secondary N) is 1. The molecule has 0 spiro atoms. The lowest BCUT2D eigenvalue weighted by atomic mass is 10.1. The van der Waals surface area contributed by atoms with Gasteiger partial charge in [-0.05, 0) is 32.2 Å². The van der Waals surface area contributed by atoms with E-state index in [1.54, 1.807) is 0 Å². The van der Waals surface area contributed by atoms with Crippen LogP contribution in [0.1, 0.15) is 39.5 Å². The van der Waals surface area contributed by atoms with Crippen molar-refractivity contribution in [1.29, 1.82) is 0 Å². The van der Waals surface area contributed by atoms with Crippen molar-refractivity contribution in [2.75, 3.05) is 26.2 Å². The van der Waals surface area contributed by atoms with Gasteiger partial charge in [0.2, 0.25) is 0 Å². The van der Waals surface area contributed by atoms with Gasteiger partial charge in [-0.2, -0.15) is 0 Å². The number of hydrogen-bond donors (Lipinski definition) is 1. The molecule has 16 heavy (non-hydrogen) atoms. The number of ether oxygens (including phenoxy) is 1. The minimum absolute atomic E-state index is 0.479. The van der Waals surface area contributed by atoms with Crippen molar-refractivity contribution in [2.24, 2.45) is 0 Å². The normalized spacial score (nSPS) is 36.8. The van der Waals surface area contributed by atoms with E-state index < -0.39 is 0 Å². The summed E-state index contributed by atoms with van der Waals surface area (Å²) < 4.78 is 5.73. The summed E-state index contributed by atoms with van der Waals surface area (Å²) in [5.41, 5.74) is 0. The molecule has 0 bridgehead atoms. The van der Waals surface area contributed by atoms with E-state index in [-0.39, 0.29) is 0 Å². The Kier molecular flexibility index (Phi) is 4.62. The molecule has 1 aliphatic carbocycles. The molecule has 0 radical (unpaired) electrons. The third-order valence-corrected chi connectivity index (χ3v) is 4.04. The van der Waals surface area contributed by atoms with Gasteiger partial charge in [0.25, 0.3) is 0 Å². The van der Waals surface area contributed by atoms with Gasteiger partial charge >= 0.3 is 0 Å². The van der Waals surface area contributed by atoms with Crippen molar-refractivity contribution >= 4 is 0 Å². The van der Waals surface area contributed by atoms with Gasteiger partial charge in [0.15, 0.2) is 0 Å². The van der Waals surface area contributed by atoms with Gasteiger partial charge in [0.1, 0.15) is 0 Å². The second kappa shape index (κ2) is 5.99. The van der Waals surface area contributed by atoms with Crippen molar-refractivity contribution < 1.29 is 4.74 Å². The molecular formula is C13H26N2O. The second-order valence-corrected chi connectivity index (χ2v) is 5.12. The van der Waals surface area contributed by atoms with Gasteiger partial charge in [0, 0.05) is 25.2 Å². The summed E-state index contributed by atoms with van der Waals surface area (Å²) in [4.78, 5) is 2.66. The maximum absolute atomic E-state index is 5.73. The van der Waals surface area contributed by atoms with Gasteiger partial charge in [-0.1, -0.05) is 13.8 Å². The van der Waals surface area contributed by atoms with Crippen LogP contribution >= 0.6 is 0 Å². The first kappa shape index (κ1) is 12.3. The number of nitrogens with zero attached hydrogens (tertiary/aromatic N) is 1. The molecule has 3 heteroatoms. The lowest BCUT2D eigenvalue weighted by Gasteiger charge is -2.36. The molecule has 1 saturated carbocycles. The van der Waals surface area contributed by atoms with Crippen LogP contribution in [0.25, 0.3) is 0 Å². The fourth-order valence-corrected chi connectivity index (χ4v) is 3.08. The molecule has 2 aliphatic rings. The minimum Gasteiger partial charge on any atom is -0.376 e. The van der Waals surface area contributed by atoms with E-state index in [1.807, 2.05) is 0 Å². The zero-order valence-electron chi connectivity index (χ0n) is 10.7. The average molecular weight is 226 g/mol. The zero-order valence-corrected chi connectivity index (χ0v) is 10.7. The SMILES string of the molecule is CCNC1CCC(N2CCOC(CC)C2)C1. The molecule has 3 unspecified atom stereocenters. The maximum Gasteiger partial charge on any atom is 0.0700 e. The van der Waals surface area contributed by atoms with Crippen LogP contribution in [0.3, 0.4) is 0 Å². The first-order valence-electron chi connectivity index (χ1n) is 6.92. The molecule has 1 N–H and O–H groups in total. The molecule has 1 aliphatic heterocycles. The van der Waals surface area contributed by atoms with Crippen LogP contribution in [0, 0.1) is 0 Å². The Morgan fingerprint density at radius 3 is 2.94 bits per heavy atom. The van der Waals surface area contributed by atoms with E-state index in [2.05, 4.69) is 24.1 Å². The summed E-state index contributed by atoms with van der Waals surface area (Å²) >= 11 is 0. The number of hydrogen-bond acceptors (Lipinski definition) is 3. The molecule has 0 aromatic rings. The molecule has 0 aromatic carbocycles. The van der Waals surface area contributed by atoms with Crippen LogP contribution in [0.2, 0.25) is 0 Å². The van der Waals surface area contributed by atoms with Crippen LogP contribution in [0.4, 0.5) is 0 Å². The highest BCUT2D eigenvalue weighted by atomic mass is 16.5. The molecule has 94 valence electrons. The van der Waals surface area contributed by atoms with Crippen LogP contribution in [0.15, 0.2) is 0 Å². The van der Waals surface area contributed by atoms with Crippen molar-refractivity contribution in [3.8, 4) is 0 Å². The molecule has 0 aromatic heterocycles. The van der Waals surface area contributed by atoms with Crippen LogP contribution in [0.5, 0.6) is 0 Å². The van der Waals surface area contributed by atoms with E-state index in [9.17, 15) is 0 Å². The van der Waals surface area contributed by atoms with Crippen molar-refractivity contribution in [1.82, 2.24) is 10.2 Å². The predicted molar refractivity (Wildman–Crippen MR) is 66.7 cm³/mol. The predicted octanol–water partition coefficient (Wildman–Crippen LogP) is 1.63. The standard InChI is InChI=1S/C13H26N2O/c1-3-13-10-15(7-8-16-13)12-6-5-11(9-12)14-4-2/h11-14H,3-10H2,1-2H3. The van der Waals surface area contributed by atoms with E-state index in [0.29, 0.717) is 6.10 Å². The largest absolute Gasteiger partial charge is 0.376 e. The van der Waals surface area contributed by atoms with Gasteiger partial charge in [-0.25, -0.2) is 0 Å². The average Bonchev–Trinajstić information content (AvgIpc) is 2.78. The van der Waals surface area contributed by atoms with E-state index >= 15 is 0 Å². The summed E-state index contributed by atoms with van der Waals surface area (Å²) in [6.07, 6.45) is 5.69. The first-order chi connectivity index (χ1) is 7.83. The van der Waals surface area contributed by atoms with Gasteiger partial charge in [0.05, 0.1) is 12.7 Å². The fourth-order valence-electron chi connectivity index (χ4n) is 3.08. The van der Waals surface area contributed by atoms with E-state index in [4.69, 9.17) is 4.74 Å². The highest BCUT2D eigenvalue weighted by molar-refractivity contribution is 4.88. The first-order valence-corrected chi connectivity index (χ1v) is 6.92. The van der Waals surface area contributed by atoms with Crippen molar-refractivity contribution in [3.63, 3.8) is 0 Å². The van der Waals surface area contributed by atoms with Gasteiger partial charge in [-0.3, -0.25) is 4.90 Å². The lowest BCUT2D eigenvalue weighted by molar-refractivity contribution is -0.0436. The molecule has 3 atom stereocenters. The number of rotatable bonds is 4. The van der Waals surface area contributed by atoms with Crippen molar-refractivity contribution in [2.45, 2.75) is 57.7 Å². The molecular weight excluding hydrogens is 200 g/mol. The second-order valence-electron chi connectivity index (χ2n) is 5.12. The Bertz CT molecular complexity index is 210. The summed E-state index contributed by atoms with van der Waals surface area (Å²) in [5, 5.41) is 3.58. The molecule has 1 heterocycles. The van der Waals surface area contributed by atoms with Crippen LogP contribution in [-0.4, -0.2) is 49.3 Å². The quantitative estimate of drug-likeness (QED) is 0.788. The summed E-state index contributed by atoms with van der Waals surface area (Å²) in [6.45, 7) is 8.76. The highest BCUT2D eigenvalue weighted by Crippen LogP contribution is 2.26. The van der Waals surface area contributed by atoms with Crippen LogP contribution < -0.4 is 5.32 Å². The number of morpholine rings is 1. The third-order valence-electron chi connectivity index (χ3n) is 4.04. The lowest BCUT2D eigenvalue weighted by Crippen LogP contribution is -2.47. The Labute approximate surface area is 99.5 Å². The smallest absolute Gasteiger partial charge is 0.0700 e. The van der Waals surface area contributed by atoms with Gasteiger partial charge < -0.3 is 10.1 Å². The van der Waals surface area contributed by atoms with Crippen molar-refractivity contribution in [3.05, 3.63) is 0 Å². The molecule has 1 saturated heterocycles. The Morgan fingerprint density at radius 2 is 2.19 bits per heavy atom.